The molecule has 0 fully saturated rings. The number of aromatic nitrogens is 1. The van der Waals surface area contributed by atoms with Crippen molar-refractivity contribution in [2.45, 2.75) is 13.5 Å². The number of rotatable bonds is 5. The molecule has 0 saturated heterocycles. The van der Waals surface area contributed by atoms with E-state index in [9.17, 15) is 9.59 Å². The Morgan fingerprint density at radius 3 is 2.86 bits per heavy atom. The van der Waals surface area contributed by atoms with Gasteiger partial charge in [-0.2, -0.15) is 0 Å². The monoisotopic (exact) mass is 289 g/mol. The third-order valence-corrected chi connectivity index (χ3v) is 3.32. The maximum absolute atomic E-state index is 12.5. The SMILES string of the molecule is CCn1cc(C(=O)NCCOC)c(=O)c2c(N)cccc21. The first kappa shape index (κ1) is 15.1. The van der Waals surface area contributed by atoms with Gasteiger partial charge in [-0.25, -0.2) is 0 Å². The Morgan fingerprint density at radius 1 is 1.43 bits per heavy atom. The Labute approximate surface area is 122 Å². The lowest BCUT2D eigenvalue weighted by molar-refractivity contribution is 0.0935. The highest BCUT2D eigenvalue weighted by molar-refractivity contribution is 6.00. The number of ether oxygens (including phenoxy) is 1. The van der Waals surface area contributed by atoms with E-state index in [0.717, 1.165) is 5.52 Å². The number of anilines is 1. The maximum atomic E-state index is 12.5. The number of nitrogens with two attached hydrogens (primary N) is 1. The molecule has 0 spiro atoms. The van der Waals surface area contributed by atoms with Crippen LogP contribution in [-0.2, 0) is 11.3 Å². The number of hydrogen-bond donors (Lipinski definition) is 2. The molecule has 2 aromatic rings. The van der Waals surface area contributed by atoms with Gasteiger partial charge < -0.3 is 20.4 Å². The van der Waals surface area contributed by atoms with Crippen molar-refractivity contribution >= 4 is 22.5 Å². The number of pyridine rings is 1. The van der Waals surface area contributed by atoms with Gasteiger partial charge in [0.2, 0.25) is 5.43 Å². The molecule has 6 nitrogen and oxygen atoms in total. The van der Waals surface area contributed by atoms with Gasteiger partial charge >= 0.3 is 0 Å². The van der Waals surface area contributed by atoms with Crippen molar-refractivity contribution in [3.05, 3.63) is 40.2 Å². The second-order valence-corrected chi connectivity index (χ2v) is 4.65. The molecule has 0 saturated carbocycles. The van der Waals surface area contributed by atoms with Crippen LogP contribution in [-0.4, -0.2) is 30.7 Å². The summed E-state index contributed by atoms with van der Waals surface area (Å²) in [6, 6.07) is 5.28. The lowest BCUT2D eigenvalue weighted by Gasteiger charge is -2.12. The summed E-state index contributed by atoms with van der Waals surface area (Å²) >= 11 is 0. The van der Waals surface area contributed by atoms with E-state index in [1.165, 1.54) is 0 Å². The number of nitrogens with one attached hydrogen (secondary N) is 1. The zero-order valence-corrected chi connectivity index (χ0v) is 12.2. The third-order valence-electron chi connectivity index (χ3n) is 3.32. The first-order valence-corrected chi connectivity index (χ1v) is 6.79. The van der Waals surface area contributed by atoms with Gasteiger partial charge in [0, 0.05) is 32.1 Å². The number of carbonyl (C=O) groups is 1. The van der Waals surface area contributed by atoms with E-state index >= 15 is 0 Å². The highest BCUT2D eigenvalue weighted by Gasteiger charge is 2.16. The van der Waals surface area contributed by atoms with Crippen LogP contribution in [0.5, 0.6) is 0 Å². The van der Waals surface area contributed by atoms with Crippen molar-refractivity contribution in [2.24, 2.45) is 0 Å². The largest absolute Gasteiger partial charge is 0.398 e. The van der Waals surface area contributed by atoms with Crippen LogP contribution < -0.4 is 16.5 Å². The molecule has 21 heavy (non-hydrogen) atoms. The molecule has 1 heterocycles. The van der Waals surface area contributed by atoms with Crippen LogP contribution in [0.4, 0.5) is 5.69 Å². The molecular formula is C15H19N3O3. The van der Waals surface area contributed by atoms with Gasteiger partial charge in [0.1, 0.15) is 5.56 Å². The zero-order valence-electron chi connectivity index (χ0n) is 12.2. The average Bonchev–Trinajstić information content (AvgIpc) is 2.48. The fourth-order valence-corrected chi connectivity index (χ4v) is 2.25. The lowest BCUT2D eigenvalue weighted by atomic mass is 10.1. The van der Waals surface area contributed by atoms with Gasteiger partial charge in [0.25, 0.3) is 5.91 Å². The van der Waals surface area contributed by atoms with Crippen LogP contribution in [0, 0.1) is 0 Å². The van der Waals surface area contributed by atoms with Crippen LogP contribution in [0.15, 0.2) is 29.2 Å². The second-order valence-electron chi connectivity index (χ2n) is 4.65. The number of benzene rings is 1. The highest BCUT2D eigenvalue weighted by atomic mass is 16.5. The number of nitrogens with zero attached hydrogens (tertiary/aromatic N) is 1. The fourth-order valence-electron chi connectivity index (χ4n) is 2.25. The van der Waals surface area contributed by atoms with E-state index in [1.807, 2.05) is 17.6 Å². The van der Waals surface area contributed by atoms with Gasteiger partial charge in [-0.3, -0.25) is 9.59 Å². The number of nitrogen functional groups attached to an aromatic ring is 1. The van der Waals surface area contributed by atoms with E-state index in [1.54, 1.807) is 25.4 Å². The number of aryl methyl sites for hydroxylation is 1. The van der Waals surface area contributed by atoms with E-state index in [4.69, 9.17) is 10.5 Å². The predicted molar refractivity (Wildman–Crippen MR) is 82.5 cm³/mol. The van der Waals surface area contributed by atoms with Crippen molar-refractivity contribution in [1.82, 2.24) is 9.88 Å². The van der Waals surface area contributed by atoms with E-state index in [-0.39, 0.29) is 11.0 Å². The molecule has 0 aliphatic heterocycles. The highest BCUT2D eigenvalue weighted by Crippen LogP contribution is 2.18. The number of carbonyl (C=O) groups excluding carboxylic acids is 1. The fraction of sp³-hybridized carbons (Fsp3) is 0.333. The van der Waals surface area contributed by atoms with Crippen LogP contribution >= 0.6 is 0 Å². The number of hydrogen-bond acceptors (Lipinski definition) is 4. The summed E-state index contributed by atoms with van der Waals surface area (Å²) in [6.45, 7) is 3.32. The molecule has 0 unspecified atom stereocenters. The van der Waals surface area contributed by atoms with E-state index < -0.39 is 5.91 Å². The molecule has 0 aliphatic carbocycles. The van der Waals surface area contributed by atoms with Crippen LogP contribution in [0.25, 0.3) is 10.9 Å². The minimum atomic E-state index is -0.413. The number of amides is 1. The first-order valence-electron chi connectivity index (χ1n) is 6.79. The molecule has 0 bridgehead atoms. The Morgan fingerprint density at radius 2 is 2.19 bits per heavy atom. The van der Waals surface area contributed by atoms with Gasteiger partial charge in [-0.05, 0) is 19.1 Å². The Bertz CT molecular complexity index is 722. The molecular weight excluding hydrogens is 270 g/mol. The molecule has 1 amide bonds. The summed E-state index contributed by atoms with van der Waals surface area (Å²) in [6.07, 6.45) is 1.58. The molecule has 1 aromatic carbocycles. The molecule has 6 heteroatoms. The van der Waals surface area contributed by atoms with Crippen LogP contribution in [0.1, 0.15) is 17.3 Å². The summed E-state index contributed by atoms with van der Waals surface area (Å²) in [5.41, 5.74) is 6.77. The Hall–Kier alpha value is -2.34. The normalized spacial score (nSPS) is 10.8. The lowest BCUT2D eigenvalue weighted by Crippen LogP contribution is -2.32. The van der Waals surface area contributed by atoms with E-state index in [2.05, 4.69) is 5.32 Å². The molecule has 0 radical (unpaired) electrons. The summed E-state index contributed by atoms with van der Waals surface area (Å²) in [5.74, 6) is -0.413. The summed E-state index contributed by atoms with van der Waals surface area (Å²) in [5, 5.41) is 3.05. The Kier molecular flexibility index (Phi) is 4.59. The maximum Gasteiger partial charge on any atom is 0.256 e. The Balaban J connectivity index is 2.55. The zero-order chi connectivity index (χ0) is 15.4. The van der Waals surface area contributed by atoms with Crippen LogP contribution in [0.2, 0.25) is 0 Å². The molecule has 0 atom stereocenters. The van der Waals surface area contributed by atoms with Crippen LogP contribution in [0.3, 0.4) is 0 Å². The second kappa shape index (κ2) is 6.41. The van der Waals surface area contributed by atoms with Crippen molar-refractivity contribution in [1.29, 1.82) is 0 Å². The molecule has 3 N–H and O–H groups in total. The van der Waals surface area contributed by atoms with Crippen molar-refractivity contribution in [3.63, 3.8) is 0 Å². The minimum absolute atomic E-state index is 0.0957. The summed E-state index contributed by atoms with van der Waals surface area (Å²) < 4.78 is 6.72. The minimum Gasteiger partial charge on any atom is -0.398 e. The third kappa shape index (κ3) is 2.90. The average molecular weight is 289 g/mol. The topological polar surface area (TPSA) is 86.4 Å². The van der Waals surface area contributed by atoms with Gasteiger partial charge in [-0.1, -0.05) is 6.07 Å². The first-order chi connectivity index (χ1) is 10.1. The number of fused-ring (bicyclic) bond motifs is 1. The summed E-state index contributed by atoms with van der Waals surface area (Å²) in [7, 11) is 1.55. The van der Waals surface area contributed by atoms with Gasteiger partial charge in [0.05, 0.1) is 17.5 Å². The smallest absolute Gasteiger partial charge is 0.256 e. The molecule has 0 aliphatic rings. The standard InChI is InChI=1S/C15H19N3O3/c1-3-18-9-10(15(20)17-7-8-21-2)14(19)13-11(16)5-4-6-12(13)18/h4-6,9H,3,7-8,16H2,1-2H3,(H,17,20). The molecule has 112 valence electrons. The molecule has 2 rings (SSSR count). The molecule has 1 aromatic heterocycles. The van der Waals surface area contributed by atoms with Crippen molar-refractivity contribution < 1.29 is 9.53 Å². The summed E-state index contributed by atoms with van der Waals surface area (Å²) in [4.78, 5) is 24.6. The quantitative estimate of drug-likeness (QED) is 0.634. The predicted octanol–water partition coefficient (Wildman–Crippen LogP) is 0.980. The van der Waals surface area contributed by atoms with E-state index in [0.29, 0.717) is 30.8 Å². The number of methoxy groups -OCH3 is 1. The van der Waals surface area contributed by atoms with Crippen molar-refractivity contribution in [3.8, 4) is 0 Å². The van der Waals surface area contributed by atoms with Gasteiger partial charge in [0.15, 0.2) is 0 Å². The van der Waals surface area contributed by atoms with Crippen molar-refractivity contribution in [2.75, 3.05) is 26.0 Å². The van der Waals surface area contributed by atoms with Gasteiger partial charge in [-0.15, -0.1) is 0 Å².